The second-order valence-corrected chi connectivity index (χ2v) is 9.87. The molecule has 0 radical (unpaired) electrons. The first kappa shape index (κ1) is 28.4. The summed E-state index contributed by atoms with van der Waals surface area (Å²) in [7, 11) is 0. The lowest BCUT2D eigenvalue weighted by Crippen LogP contribution is -2.52. The zero-order valence-electron chi connectivity index (χ0n) is 21.9. The molecule has 182 valence electrons. The summed E-state index contributed by atoms with van der Waals surface area (Å²) in [6.45, 7) is 15.9. The Balaban J connectivity index is 2.24. The third-order valence-electron chi connectivity index (χ3n) is 6.25. The Morgan fingerprint density at radius 2 is 1.31 bits per heavy atom. The summed E-state index contributed by atoms with van der Waals surface area (Å²) in [5.74, 6) is 0.316. The van der Waals surface area contributed by atoms with E-state index in [1.54, 1.807) is 0 Å². The van der Waals surface area contributed by atoms with Crippen molar-refractivity contribution in [2.75, 3.05) is 19.6 Å². The topological polar surface area (TPSA) is 32.3 Å². The molecule has 1 fully saturated rings. The van der Waals surface area contributed by atoms with Crippen LogP contribution in [0, 0.1) is 0 Å². The predicted octanol–water partition coefficient (Wildman–Crippen LogP) is 7.51. The third-order valence-corrected chi connectivity index (χ3v) is 6.25. The Morgan fingerprint density at radius 1 is 0.812 bits per heavy atom. The molecular weight excluding hydrogens is 392 g/mol. The summed E-state index contributed by atoms with van der Waals surface area (Å²) in [6, 6.07) is 0.479. The molecule has 1 heterocycles. The molecule has 3 nitrogen and oxygen atoms in total. The predicted molar refractivity (Wildman–Crippen MR) is 141 cm³/mol. The second kappa shape index (κ2) is 16.9. The van der Waals surface area contributed by atoms with Crippen molar-refractivity contribution in [2.24, 2.45) is 0 Å². The number of hydrogen-bond acceptors (Lipinski definition) is 2. The monoisotopic (exact) mass is 442 g/mol. The van der Waals surface area contributed by atoms with Gasteiger partial charge in [0.05, 0.1) is 0 Å². The minimum Gasteiger partial charge on any atom is -0.340 e. The summed E-state index contributed by atoms with van der Waals surface area (Å²) in [5.41, 5.74) is 5.81. The lowest BCUT2D eigenvalue weighted by molar-refractivity contribution is -0.132. The third kappa shape index (κ3) is 13.7. The molecule has 1 saturated heterocycles. The van der Waals surface area contributed by atoms with E-state index in [0.717, 1.165) is 64.6 Å². The summed E-state index contributed by atoms with van der Waals surface area (Å²) < 4.78 is 0. The molecule has 0 saturated carbocycles. The van der Waals surface area contributed by atoms with Crippen LogP contribution in [0.4, 0.5) is 0 Å². The fourth-order valence-corrected chi connectivity index (χ4v) is 4.18. The first-order valence-electron chi connectivity index (χ1n) is 12.9. The Kier molecular flexibility index (Phi) is 15.1. The van der Waals surface area contributed by atoms with Crippen molar-refractivity contribution in [3.8, 4) is 0 Å². The number of rotatable bonds is 14. The fraction of sp³-hybridized carbons (Fsp3) is 0.690. The lowest BCUT2D eigenvalue weighted by Gasteiger charge is -2.33. The molecule has 1 amide bonds. The molecule has 3 heteroatoms. The fourth-order valence-electron chi connectivity index (χ4n) is 4.18. The van der Waals surface area contributed by atoms with E-state index in [1.807, 2.05) is 0 Å². The van der Waals surface area contributed by atoms with Gasteiger partial charge in [0, 0.05) is 32.1 Å². The first-order chi connectivity index (χ1) is 15.3. The number of allylic oxidation sites excluding steroid dienone is 8. The largest absolute Gasteiger partial charge is 0.340 e. The molecule has 32 heavy (non-hydrogen) atoms. The van der Waals surface area contributed by atoms with Crippen LogP contribution in [0.2, 0.25) is 0 Å². The van der Waals surface area contributed by atoms with Crippen molar-refractivity contribution in [1.82, 2.24) is 10.2 Å². The molecule has 1 aliphatic heterocycles. The molecule has 1 N–H and O–H groups in total. The summed E-state index contributed by atoms with van der Waals surface area (Å²) in [5, 5.41) is 3.52. The van der Waals surface area contributed by atoms with E-state index in [0.29, 0.717) is 18.4 Å². The van der Waals surface area contributed by atoms with Crippen molar-refractivity contribution in [3.05, 3.63) is 46.6 Å². The summed E-state index contributed by atoms with van der Waals surface area (Å²) >= 11 is 0. The SMILES string of the molecule is CCCC1CN(C(=O)CC/C=C(\C)CCC=C(C)CC/C=C(\C)CCC=C(C)C)CCN1. The van der Waals surface area contributed by atoms with Gasteiger partial charge in [0.2, 0.25) is 5.91 Å². The van der Waals surface area contributed by atoms with E-state index < -0.39 is 0 Å². The maximum atomic E-state index is 12.5. The highest BCUT2D eigenvalue weighted by atomic mass is 16.2. The maximum Gasteiger partial charge on any atom is 0.222 e. The van der Waals surface area contributed by atoms with Crippen LogP contribution in [0.5, 0.6) is 0 Å². The lowest BCUT2D eigenvalue weighted by atomic mass is 10.0. The van der Waals surface area contributed by atoms with Crippen molar-refractivity contribution < 1.29 is 4.79 Å². The number of carbonyl (C=O) groups is 1. The highest BCUT2D eigenvalue weighted by Crippen LogP contribution is 2.14. The van der Waals surface area contributed by atoms with Gasteiger partial charge in [-0.1, -0.05) is 59.9 Å². The van der Waals surface area contributed by atoms with E-state index >= 15 is 0 Å². The Labute approximate surface area is 199 Å². The highest BCUT2D eigenvalue weighted by Gasteiger charge is 2.21. The standard InChI is InChI=1S/C29H50N2O/c1-7-12-28-23-31(22-21-30-28)29(32)20-11-19-27(6)18-10-17-26(5)16-9-15-25(4)14-8-13-24(2)3/h13,15,17,19,28,30H,7-12,14,16,18,20-23H2,1-6H3/b25-15+,26-17?,27-19+. The minimum atomic E-state index is 0.316. The van der Waals surface area contributed by atoms with Crippen LogP contribution in [0.3, 0.4) is 0 Å². The van der Waals surface area contributed by atoms with Gasteiger partial charge >= 0.3 is 0 Å². The van der Waals surface area contributed by atoms with Crippen molar-refractivity contribution in [2.45, 2.75) is 112 Å². The average Bonchev–Trinajstić information content (AvgIpc) is 2.74. The van der Waals surface area contributed by atoms with Crippen LogP contribution in [-0.4, -0.2) is 36.5 Å². The summed E-state index contributed by atoms with van der Waals surface area (Å²) in [6.07, 6.45) is 20.0. The van der Waals surface area contributed by atoms with Gasteiger partial charge in [0.25, 0.3) is 0 Å². The molecule has 0 bridgehead atoms. The van der Waals surface area contributed by atoms with Gasteiger partial charge in [0.1, 0.15) is 0 Å². The second-order valence-electron chi connectivity index (χ2n) is 9.87. The van der Waals surface area contributed by atoms with Crippen LogP contribution in [0.25, 0.3) is 0 Å². The van der Waals surface area contributed by atoms with Gasteiger partial charge < -0.3 is 10.2 Å². The Morgan fingerprint density at radius 3 is 1.81 bits per heavy atom. The van der Waals surface area contributed by atoms with Crippen LogP contribution >= 0.6 is 0 Å². The smallest absolute Gasteiger partial charge is 0.222 e. The van der Waals surface area contributed by atoms with Crippen LogP contribution in [0.15, 0.2) is 46.6 Å². The molecule has 0 aliphatic carbocycles. The molecule has 1 unspecified atom stereocenters. The molecule has 1 atom stereocenters. The van der Waals surface area contributed by atoms with E-state index in [-0.39, 0.29) is 0 Å². The maximum absolute atomic E-state index is 12.5. The number of amides is 1. The average molecular weight is 443 g/mol. The minimum absolute atomic E-state index is 0.316. The Hall–Kier alpha value is -1.61. The highest BCUT2D eigenvalue weighted by molar-refractivity contribution is 5.76. The molecule has 1 aliphatic rings. The van der Waals surface area contributed by atoms with E-state index in [9.17, 15) is 4.79 Å². The van der Waals surface area contributed by atoms with Crippen molar-refractivity contribution in [1.29, 1.82) is 0 Å². The zero-order chi connectivity index (χ0) is 23.8. The van der Waals surface area contributed by atoms with Gasteiger partial charge in [-0.2, -0.15) is 0 Å². The van der Waals surface area contributed by atoms with Gasteiger partial charge in [-0.15, -0.1) is 0 Å². The van der Waals surface area contributed by atoms with E-state index in [1.165, 1.54) is 35.1 Å². The Bertz CT molecular complexity index is 663. The number of nitrogens with one attached hydrogen (secondary N) is 1. The quantitative estimate of drug-likeness (QED) is 0.282. The van der Waals surface area contributed by atoms with E-state index in [4.69, 9.17) is 0 Å². The number of hydrogen-bond donors (Lipinski definition) is 1. The number of nitrogens with zero attached hydrogens (tertiary/aromatic N) is 1. The van der Waals surface area contributed by atoms with E-state index in [2.05, 4.69) is 76.1 Å². The van der Waals surface area contributed by atoms with Crippen LogP contribution < -0.4 is 5.32 Å². The first-order valence-corrected chi connectivity index (χ1v) is 12.9. The summed E-state index contributed by atoms with van der Waals surface area (Å²) in [4.78, 5) is 14.6. The van der Waals surface area contributed by atoms with Gasteiger partial charge in [0.15, 0.2) is 0 Å². The van der Waals surface area contributed by atoms with Crippen molar-refractivity contribution in [3.63, 3.8) is 0 Å². The zero-order valence-corrected chi connectivity index (χ0v) is 21.9. The van der Waals surface area contributed by atoms with Gasteiger partial charge in [-0.3, -0.25) is 4.79 Å². The molecule has 1 rings (SSSR count). The number of carbonyl (C=O) groups excluding carboxylic acids is 1. The van der Waals surface area contributed by atoms with Crippen LogP contribution in [-0.2, 0) is 4.79 Å². The molecule has 0 spiro atoms. The molecule has 0 aromatic carbocycles. The van der Waals surface area contributed by atoms with Crippen LogP contribution in [0.1, 0.15) is 106 Å². The van der Waals surface area contributed by atoms with Crippen molar-refractivity contribution >= 4 is 5.91 Å². The van der Waals surface area contributed by atoms with Gasteiger partial charge in [-0.05, 0) is 86.0 Å². The van der Waals surface area contributed by atoms with Gasteiger partial charge in [-0.25, -0.2) is 0 Å². The number of piperazine rings is 1. The molecule has 0 aromatic rings. The normalized spacial score (nSPS) is 18.1. The molecular formula is C29H50N2O. The molecule has 0 aromatic heterocycles.